The van der Waals surface area contributed by atoms with Gasteiger partial charge in [0.2, 0.25) is 0 Å². The van der Waals surface area contributed by atoms with Crippen LogP contribution in [0.15, 0.2) is 27.9 Å². The van der Waals surface area contributed by atoms with E-state index in [4.69, 9.17) is 16.3 Å². The normalized spacial score (nSPS) is 16.3. The zero-order chi connectivity index (χ0) is 23.4. The van der Waals surface area contributed by atoms with Crippen LogP contribution in [0.1, 0.15) is 48.7 Å². The largest absolute Gasteiger partial charge is 0.508 e. The Morgan fingerprint density at radius 1 is 1.28 bits per heavy atom. The lowest BCUT2D eigenvalue weighted by Crippen LogP contribution is -2.30. The zero-order valence-corrected chi connectivity index (χ0v) is 19.2. The van der Waals surface area contributed by atoms with Gasteiger partial charge in [-0.1, -0.05) is 11.6 Å². The number of hydrogen-bond donors (Lipinski definition) is 0. The Morgan fingerprint density at radius 3 is 2.56 bits per heavy atom. The summed E-state index contributed by atoms with van der Waals surface area (Å²) in [4.78, 5) is 26.2. The van der Waals surface area contributed by atoms with Gasteiger partial charge in [-0.15, -0.1) is 11.8 Å². The number of fused-ring (bicyclic) bond motifs is 3. The van der Waals surface area contributed by atoms with Crippen molar-refractivity contribution in [1.29, 1.82) is 0 Å². The van der Waals surface area contributed by atoms with Crippen LogP contribution in [0, 0.1) is 0 Å². The van der Waals surface area contributed by atoms with Crippen LogP contribution in [0.2, 0.25) is 5.02 Å². The predicted octanol–water partition coefficient (Wildman–Crippen LogP) is 5.24. The van der Waals surface area contributed by atoms with Gasteiger partial charge in [-0.2, -0.15) is 13.2 Å². The summed E-state index contributed by atoms with van der Waals surface area (Å²) in [6.07, 6.45) is 1.13. The van der Waals surface area contributed by atoms with E-state index >= 15 is 0 Å². The molecule has 1 atom stereocenters. The maximum Gasteiger partial charge on any atom is 0.508 e. The average molecular weight is 508 g/mol. The highest BCUT2D eigenvalue weighted by molar-refractivity contribution is 7.98. The molecule has 0 amide bonds. The SMILES string of the molecule is CC(C)OC(=O)c1cc2c(n(C3CC3)c1=O)-c1cc(Cl)c(OS(=O)C(F)(F)F)cc1SC2. The molecule has 6 nitrogen and oxygen atoms in total. The summed E-state index contributed by atoms with van der Waals surface area (Å²) in [5.74, 6) is -0.704. The molecule has 2 aromatic rings. The first-order chi connectivity index (χ1) is 15.0. The Labute approximate surface area is 192 Å². The fraction of sp³-hybridized carbons (Fsp3) is 0.400. The molecular formula is C20H17ClF3NO5S2. The average Bonchev–Trinajstić information content (AvgIpc) is 3.51. The number of aromatic nitrogens is 1. The topological polar surface area (TPSA) is 74.6 Å². The predicted molar refractivity (Wildman–Crippen MR) is 114 cm³/mol. The lowest BCUT2D eigenvalue weighted by molar-refractivity contribution is -0.0437. The second-order valence-corrected chi connectivity index (χ2v) is 10.1. The van der Waals surface area contributed by atoms with Crippen LogP contribution < -0.4 is 9.74 Å². The monoisotopic (exact) mass is 507 g/mol. The fourth-order valence-electron chi connectivity index (χ4n) is 3.40. The number of thioether (sulfide) groups is 1. The van der Waals surface area contributed by atoms with E-state index < -0.39 is 28.1 Å². The number of rotatable bonds is 5. The molecule has 0 radical (unpaired) electrons. The molecule has 2 aliphatic rings. The van der Waals surface area contributed by atoms with E-state index in [1.54, 1.807) is 18.4 Å². The molecule has 1 aliphatic heterocycles. The van der Waals surface area contributed by atoms with E-state index in [0.717, 1.165) is 12.8 Å². The molecule has 1 aromatic heterocycles. The summed E-state index contributed by atoms with van der Waals surface area (Å²) >= 11 is 3.87. The summed E-state index contributed by atoms with van der Waals surface area (Å²) in [5.41, 5.74) is -3.76. The number of nitrogens with zero attached hydrogens (tertiary/aromatic N) is 1. The van der Waals surface area contributed by atoms with Crippen LogP contribution in [-0.2, 0) is 21.6 Å². The van der Waals surface area contributed by atoms with Crippen molar-refractivity contribution in [3.8, 4) is 17.0 Å². The maximum atomic E-state index is 13.2. The molecule has 1 unspecified atom stereocenters. The molecule has 172 valence electrons. The third kappa shape index (κ3) is 4.42. The lowest BCUT2D eigenvalue weighted by Gasteiger charge is -2.25. The summed E-state index contributed by atoms with van der Waals surface area (Å²) in [5, 5.41) is -0.173. The number of esters is 1. The first-order valence-corrected chi connectivity index (χ1v) is 12.0. The van der Waals surface area contributed by atoms with Crippen molar-refractivity contribution in [2.75, 3.05) is 0 Å². The number of carbonyl (C=O) groups excluding carboxylic acids is 1. The standard InChI is InChI=1S/C20H17ClF3NO5S2/c1-9(2)29-19(27)13-5-10-8-31-16-7-15(30-32(28)20(22,23)24)14(21)6-12(16)17(10)25(18(13)26)11-3-4-11/h5-7,9,11H,3-4,8H2,1-2H3. The summed E-state index contributed by atoms with van der Waals surface area (Å²) in [7, 11) is 0. The van der Waals surface area contributed by atoms with Crippen molar-refractivity contribution in [2.45, 2.75) is 55.0 Å². The van der Waals surface area contributed by atoms with E-state index in [-0.39, 0.29) is 28.5 Å². The van der Waals surface area contributed by atoms with Gasteiger partial charge in [0.1, 0.15) is 5.56 Å². The highest BCUT2D eigenvalue weighted by Crippen LogP contribution is 2.48. The quantitative estimate of drug-likeness (QED) is 0.515. The molecule has 4 rings (SSSR count). The smallest absolute Gasteiger partial charge is 0.459 e. The van der Waals surface area contributed by atoms with Crippen molar-refractivity contribution in [2.24, 2.45) is 0 Å². The molecule has 1 saturated carbocycles. The van der Waals surface area contributed by atoms with Gasteiger partial charge in [-0.3, -0.25) is 4.79 Å². The molecule has 1 aromatic carbocycles. The highest BCUT2D eigenvalue weighted by Gasteiger charge is 2.41. The molecule has 12 heteroatoms. The van der Waals surface area contributed by atoms with Crippen LogP contribution >= 0.6 is 23.4 Å². The number of alkyl halides is 3. The Kier molecular flexibility index (Phi) is 6.10. The van der Waals surface area contributed by atoms with Crippen molar-refractivity contribution >= 4 is 40.4 Å². The van der Waals surface area contributed by atoms with E-state index in [1.807, 2.05) is 0 Å². The van der Waals surface area contributed by atoms with Gasteiger partial charge >= 0.3 is 22.6 Å². The van der Waals surface area contributed by atoms with Crippen molar-refractivity contribution < 1.29 is 31.1 Å². The molecule has 1 fully saturated rings. The van der Waals surface area contributed by atoms with Gasteiger partial charge < -0.3 is 13.5 Å². The number of pyridine rings is 1. The molecular weight excluding hydrogens is 491 g/mol. The minimum absolute atomic E-state index is 0.0555. The minimum atomic E-state index is -5.05. The Balaban J connectivity index is 1.82. The number of halogens is 4. The number of benzene rings is 1. The summed E-state index contributed by atoms with van der Waals surface area (Å²) in [6, 6.07) is 4.10. The zero-order valence-electron chi connectivity index (χ0n) is 16.8. The number of carbonyl (C=O) groups is 1. The van der Waals surface area contributed by atoms with E-state index in [2.05, 4.69) is 4.18 Å². The van der Waals surface area contributed by atoms with Gasteiger partial charge in [0, 0.05) is 22.3 Å². The first-order valence-electron chi connectivity index (χ1n) is 9.60. The van der Waals surface area contributed by atoms with Crippen LogP contribution in [-0.4, -0.2) is 26.4 Å². The summed E-state index contributed by atoms with van der Waals surface area (Å²) in [6.45, 7) is 3.38. The third-order valence-electron chi connectivity index (χ3n) is 4.81. The number of ether oxygens (including phenoxy) is 1. The Hall–Kier alpha value is -1.98. The van der Waals surface area contributed by atoms with Gasteiger partial charge in [0.05, 0.1) is 16.8 Å². The van der Waals surface area contributed by atoms with Gasteiger partial charge in [-0.25, -0.2) is 9.00 Å². The number of hydrogen-bond acceptors (Lipinski definition) is 6. The molecule has 1 aliphatic carbocycles. The highest BCUT2D eigenvalue weighted by atomic mass is 35.5. The second kappa shape index (κ2) is 8.42. The minimum Gasteiger partial charge on any atom is -0.459 e. The van der Waals surface area contributed by atoms with E-state index in [0.29, 0.717) is 27.5 Å². The molecule has 0 spiro atoms. The second-order valence-electron chi connectivity index (χ2n) is 7.62. The van der Waals surface area contributed by atoms with Gasteiger partial charge in [0.25, 0.3) is 5.56 Å². The molecule has 0 bridgehead atoms. The lowest BCUT2D eigenvalue weighted by atomic mass is 10.0. The molecule has 0 saturated heterocycles. The van der Waals surface area contributed by atoms with Crippen LogP contribution in [0.5, 0.6) is 5.75 Å². The van der Waals surface area contributed by atoms with Crippen LogP contribution in [0.3, 0.4) is 0 Å². The van der Waals surface area contributed by atoms with Crippen molar-refractivity contribution in [3.63, 3.8) is 0 Å². The Bertz CT molecular complexity index is 1190. The molecule has 32 heavy (non-hydrogen) atoms. The first kappa shape index (κ1) is 23.2. The van der Waals surface area contributed by atoms with Crippen LogP contribution in [0.25, 0.3) is 11.3 Å². The molecule has 2 heterocycles. The van der Waals surface area contributed by atoms with Gasteiger partial charge in [-0.05, 0) is 50.5 Å². The molecule has 0 N–H and O–H groups in total. The Morgan fingerprint density at radius 2 is 1.97 bits per heavy atom. The van der Waals surface area contributed by atoms with E-state index in [1.165, 1.54) is 30.0 Å². The van der Waals surface area contributed by atoms with Crippen LogP contribution in [0.4, 0.5) is 13.2 Å². The third-order valence-corrected chi connectivity index (χ3v) is 6.92. The maximum absolute atomic E-state index is 13.2. The van der Waals surface area contributed by atoms with Gasteiger partial charge in [0.15, 0.2) is 5.75 Å². The summed E-state index contributed by atoms with van der Waals surface area (Å²) < 4.78 is 60.5. The van der Waals surface area contributed by atoms with Crippen molar-refractivity contribution in [3.05, 3.63) is 44.7 Å². The van der Waals surface area contributed by atoms with E-state index in [9.17, 15) is 27.0 Å². The fourth-order valence-corrected chi connectivity index (χ4v) is 5.07. The van der Waals surface area contributed by atoms with Crippen molar-refractivity contribution in [1.82, 2.24) is 4.57 Å².